The van der Waals surface area contributed by atoms with E-state index in [2.05, 4.69) is 4.98 Å². The van der Waals surface area contributed by atoms with Crippen molar-refractivity contribution in [3.05, 3.63) is 51.7 Å². The first kappa shape index (κ1) is 11.2. The summed E-state index contributed by atoms with van der Waals surface area (Å²) in [6.07, 6.45) is 1.60. The van der Waals surface area contributed by atoms with Gasteiger partial charge in [0.25, 0.3) is 0 Å². The summed E-state index contributed by atoms with van der Waals surface area (Å²) in [5.74, 6) is -0.242. The SMILES string of the molecule is Cc1cc(F)ccc1CC(O)c1cncs1. The Morgan fingerprint density at radius 3 is 2.94 bits per heavy atom. The molecule has 0 aliphatic heterocycles. The van der Waals surface area contributed by atoms with E-state index in [1.54, 1.807) is 17.8 Å². The fraction of sp³-hybridized carbons (Fsp3) is 0.250. The highest BCUT2D eigenvalue weighted by atomic mass is 32.1. The summed E-state index contributed by atoms with van der Waals surface area (Å²) in [6, 6.07) is 4.62. The number of hydrogen-bond donors (Lipinski definition) is 1. The molecule has 16 heavy (non-hydrogen) atoms. The van der Waals surface area contributed by atoms with Crippen molar-refractivity contribution >= 4 is 11.3 Å². The summed E-state index contributed by atoms with van der Waals surface area (Å²) >= 11 is 1.42. The summed E-state index contributed by atoms with van der Waals surface area (Å²) < 4.78 is 12.9. The maximum Gasteiger partial charge on any atom is 0.123 e. The van der Waals surface area contributed by atoms with Gasteiger partial charge in [-0.25, -0.2) is 4.39 Å². The third-order valence-electron chi connectivity index (χ3n) is 2.50. The van der Waals surface area contributed by atoms with Gasteiger partial charge in [0.1, 0.15) is 5.82 Å². The van der Waals surface area contributed by atoms with Gasteiger partial charge in [0.15, 0.2) is 0 Å². The van der Waals surface area contributed by atoms with Gasteiger partial charge in [-0.3, -0.25) is 4.98 Å². The van der Waals surface area contributed by atoms with Crippen molar-refractivity contribution in [3.8, 4) is 0 Å². The standard InChI is InChI=1S/C12H12FNOS/c1-8-4-10(13)3-2-9(8)5-11(15)12-6-14-7-16-12/h2-4,6-7,11,15H,5H2,1H3. The molecule has 2 rings (SSSR count). The zero-order valence-corrected chi connectivity index (χ0v) is 9.67. The Bertz CT molecular complexity index is 470. The molecule has 0 saturated heterocycles. The maximum atomic E-state index is 12.9. The molecule has 84 valence electrons. The Labute approximate surface area is 97.4 Å². The molecule has 0 aliphatic carbocycles. The molecule has 0 aliphatic rings. The predicted octanol–water partition coefficient (Wildman–Crippen LogP) is 2.87. The van der Waals surface area contributed by atoms with Crippen molar-refractivity contribution in [1.82, 2.24) is 4.98 Å². The molecule has 2 nitrogen and oxygen atoms in total. The molecule has 0 bridgehead atoms. The molecular weight excluding hydrogens is 225 g/mol. The molecule has 1 heterocycles. The number of aliphatic hydroxyl groups excluding tert-OH is 1. The molecule has 0 radical (unpaired) electrons. The topological polar surface area (TPSA) is 33.1 Å². The number of aromatic nitrogens is 1. The van der Waals surface area contributed by atoms with E-state index in [1.807, 2.05) is 6.92 Å². The minimum atomic E-state index is -0.559. The Morgan fingerprint density at radius 1 is 1.50 bits per heavy atom. The molecule has 0 saturated carbocycles. The van der Waals surface area contributed by atoms with Crippen LogP contribution in [0.2, 0.25) is 0 Å². The van der Waals surface area contributed by atoms with Crippen LogP contribution < -0.4 is 0 Å². The minimum absolute atomic E-state index is 0.242. The van der Waals surface area contributed by atoms with Crippen molar-refractivity contribution in [2.45, 2.75) is 19.4 Å². The van der Waals surface area contributed by atoms with Crippen LogP contribution in [-0.4, -0.2) is 10.1 Å². The van der Waals surface area contributed by atoms with Crippen LogP contribution in [0, 0.1) is 12.7 Å². The second-order valence-corrected chi connectivity index (χ2v) is 4.61. The minimum Gasteiger partial charge on any atom is -0.387 e. The lowest BCUT2D eigenvalue weighted by molar-refractivity contribution is 0.182. The number of thiazole rings is 1. The van der Waals surface area contributed by atoms with Crippen LogP contribution in [0.4, 0.5) is 4.39 Å². The molecule has 1 aromatic heterocycles. The van der Waals surface area contributed by atoms with Crippen LogP contribution in [0.5, 0.6) is 0 Å². The quantitative estimate of drug-likeness (QED) is 0.890. The van der Waals surface area contributed by atoms with Gasteiger partial charge in [-0.05, 0) is 30.2 Å². The van der Waals surface area contributed by atoms with E-state index in [9.17, 15) is 9.50 Å². The summed E-state index contributed by atoms with van der Waals surface area (Å²) in [7, 11) is 0. The molecule has 0 fully saturated rings. The van der Waals surface area contributed by atoms with Crippen molar-refractivity contribution < 1.29 is 9.50 Å². The molecule has 1 unspecified atom stereocenters. The van der Waals surface area contributed by atoms with Gasteiger partial charge in [0, 0.05) is 12.6 Å². The van der Waals surface area contributed by atoms with E-state index in [4.69, 9.17) is 0 Å². The smallest absolute Gasteiger partial charge is 0.123 e. The van der Waals surface area contributed by atoms with E-state index in [-0.39, 0.29) is 5.82 Å². The summed E-state index contributed by atoms with van der Waals surface area (Å²) in [5, 5.41) is 9.93. The predicted molar refractivity (Wildman–Crippen MR) is 61.9 cm³/mol. The second-order valence-electron chi connectivity index (χ2n) is 3.69. The van der Waals surface area contributed by atoms with Crippen LogP contribution in [-0.2, 0) is 6.42 Å². The van der Waals surface area contributed by atoms with Crippen LogP contribution >= 0.6 is 11.3 Å². The number of rotatable bonds is 3. The fourth-order valence-corrected chi connectivity index (χ4v) is 2.19. The number of aliphatic hydroxyl groups is 1. The Balaban J connectivity index is 2.15. The van der Waals surface area contributed by atoms with Crippen LogP contribution in [0.3, 0.4) is 0 Å². The van der Waals surface area contributed by atoms with Crippen molar-refractivity contribution in [2.75, 3.05) is 0 Å². The summed E-state index contributed by atoms with van der Waals surface area (Å²) in [6.45, 7) is 1.85. The third kappa shape index (κ3) is 2.46. The average Bonchev–Trinajstić information content (AvgIpc) is 2.75. The van der Waals surface area contributed by atoms with E-state index in [0.29, 0.717) is 6.42 Å². The Hall–Kier alpha value is -1.26. The number of benzene rings is 1. The first-order valence-electron chi connectivity index (χ1n) is 4.98. The average molecular weight is 237 g/mol. The Morgan fingerprint density at radius 2 is 2.31 bits per heavy atom. The van der Waals surface area contributed by atoms with Crippen LogP contribution in [0.25, 0.3) is 0 Å². The van der Waals surface area contributed by atoms with Gasteiger partial charge in [-0.2, -0.15) is 0 Å². The monoisotopic (exact) mass is 237 g/mol. The first-order valence-corrected chi connectivity index (χ1v) is 5.86. The van der Waals surface area contributed by atoms with E-state index < -0.39 is 6.10 Å². The molecule has 4 heteroatoms. The number of aryl methyl sites for hydroxylation is 1. The van der Waals surface area contributed by atoms with Gasteiger partial charge in [0.2, 0.25) is 0 Å². The summed E-state index contributed by atoms with van der Waals surface area (Å²) in [4.78, 5) is 4.76. The van der Waals surface area contributed by atoms with E-state index in [1.165, 1.54) is 23.5 Å². The van der Waals surface area contributed by atoms with Crippen LogP contribution in [0.15, 0.2) is 29.9 Å². The van der Waals surface area contributed by atoms with Gasteiger partial charge < -0.3 is 5.11 Å². The third-order valence-corrected chi connectivity index (χ3v) is 3.37. The number of nitrogens with zero attached hydrogens (tertiary/aromatic N) is 1. The van der Waals surface area contributed by atoms with Gasteiger partial charge in [-0.1, -0.05) is 6.07 Å². The lowest BCUT2D eigenvalue weighted by atomic mass is 10.0. The molecule has 0 amide bonds. The molecule has 1 atom stereocenters. The van der Waals surface area contributed by atoms with Crippen molar-refractivity contribution in [1.29, 1.82) is 0 Å². The molecule has 1 N–H and O–H groups in total. The highest BCUT2D eigenvalue weighted by Gasteiger charge is 2.11. The van der Waals surface area contributed by atoms with Crippen molar-refractivity contribution in [2.24, 2.45) is 0 Å². The molecule has 0 spiro atoms. The largest absolute Gasteiger partial charge is 0.387 e. The van der Waals surface area contributed by atoms with Gasteiger partial charge >= 0.3 is 0 Å². The normalized spacial score (nSPS) is 12.7. The first-order chi connectivity index (χ1) is 7.66. The highest BCUT2D eigenvalue weighted by molar-refractivity contribution is 7.09. The lowest BCUT2D eigenvalue weighted by Gasteiger charge is -2.10. The Kier molecular flexibility index (Phi) is 3.31. The molecule has 1 aromatic carbocycles. The van der Waals surface area contributed by atoms with Gasteiger partial charge in [0.05, 0.1) is 16.5 Å². The highest BCUT2D eigenvalue weighted by Crippen LogP contribution is 2.23. The second kappa shape index (κ2) is 4.72. The maximum absolute atomic E-state index is 12.9. The number of halogens is 1. The molecule has 2 aromatic rings. The lowest BCUT2D eigenvalue weighted by Crippen LogP contribution is -2.01. The number of hydrogen-bond acceptors (Lipinski definition) is 3. The van der Waals surface area contributed by atoms with Gasteiger partial charge in [-0.15, -0.1) is 11.3 Å². The van der Waals surface area contributed by atoms with Crippen LogP contribution in [0.1, 0.15) is 22.1 Å². The molecular formula is C12H12FNOS. The van der Waals surface area contributed by atoms with E-state index in [0.717, 1.165) is 16.0 Å². The van der Waals surface area contributed by atoms with Crippen molar-refractivity contribution in [3.63, 3.8) is 0 Å². The van der Waals surface area contributed by atoms with E-state index >= 15 is 0 Å². The summed E-state index contributed by atoms with van der Waals surface area (Å²) in [5.41, 5.74) is 3.52. The zero-order valence-electron chi connectivity index (χ0n) is 8.85. The zero-order chi connectivity index (χ0) is 11.5. The fourth-order valence-electron chi connectivity index (χ4n) is 1.59.